The third-order valence-corrected chi connectivity index (χ3v) is 5.05. The van der Waals surface area contributed by atoms with Crippen LogP contribution in [-0.4, -0.2) is 76.4 Å². The molecule has 2 aromatic heterocycles. The van der Waals surface area contributed by atoms with Gasteiger partial charge in [-0.05, 0) is 12.8 Å². The first-order valence-corrected chi connectivity index (χ1v) is 8.63. The molecule has 2 aliphatic heterocycles. The maximum absolute atomic E-state index is 12.5. The van der Waals surface area contributed by atoms with Crippen molar-refractivity contribution in [2.24, 2.45) is 0 Å². The van der Waals surface area contributed by atoms with Gasteiger partial charge in [0.15, 0.2) is 0 Å². The number of carbonyl (C=O) groups excluding carboxylic acids is 2. The van der Waals surface area contributed by atoms with Crippen LogP contribution in [0.15, 0.2) is 24.8 Å². The van der Waals surface area contributed by atoms with Gasteiger partial charge in [0.2, 0.25) is 0 Å². The van der Waals surface area contributed by atoms with Crippen LogP contribution < -0.4 is 5.32 Å². The second kappa shape index (κ2) is 6.65. The minimum Gasteiger partial charge on any atom is -0.373 e. The molecule has 9 nitrogen and oxygen atoms in total. The van der Waals surface area contributed by atoms with E-state index in [1.54, 1.807) is 35.1 Å². The van der Waals surface area contributed by atoms with Crippen LogP contribution in [0.1, 0.15) is 23.2 Å². The molecule has 4 heterocycles. The SMILES string of the molecule is COC1(CNC(=O)c2cnn3ccncc23)CN(C(=O)[C@@H]2CCCO2)C1. The van der Waals surface area contributed by atoms with Gasteiger partial charge < -0.3 is 19.7 Å². The van der Waals surface area contributed by atoms with Gasteiger partial charge in [0.1, 0.15) is 11.7 Å². The summed E-state index contributed by atoms with van der Waals surface area (Å²) >= 11 is 0. The lowest BCUT2D eigenvalue weighted by atomic mass is 9.92. The van der Waals surface area contributed by atoms with Crippen LogP contribution in [0.25, 0.3) is 5.52 Å². The van der Waals surface area contributed by atoms with Crippen molar-refractivity contribution in [3.8, 4) is 0 Å². The number of nitrogens with zero attached hydrogens (tertiary/aromatic N) is 4. The minimum absolute atomic E-state index is 0.00945. The molecule has 2 saturated heterocycles. The highest BCUT2D eigenvalue weighted by molar-refractivity contribution is 6.00. The molecule has 0 saturated carbocycles. The number of methoxy groups -OCH3 is 1. The number of aromatic nitrogens is 3. The summed E-state index contributed by atoms with van der Waals surface area (Å²) in [5, 5.41) is 7.02. The fourth-order valence-electron chi connectivity index (χ4n) is 3.44. The Morgan fingerprint density at radius 3 is 3.00 bits per heavy atom. The van der Waals surface area contributed by atoms with Gasteiger partial charge in [-0.3, -0.25) is 14.6 Å². The highest BCUT2D eigenvalue weighted by Gasteiger charge is 2.47. The van der Waals surface area contributed by atoms with Gasteiger partial charge >= 0.3 is 0 Å². The summed E-state index contributed by atoms with van der Waals surface area (Å²) in [5.74, 6) is -0.233. The van der Waals surface area contributed by atoms with Crippen molar-refractivity contribution in [1.82, 2.24) is 24.8 Å². The average molecular weight is 359 g/mol. The Bertz CT molecular complexity index is 823. The topological polar surface area (TPSA) is 98.1 Å². The van der Waals surface area contributed by atoms with Gasteiger partial charge in [0.25, 0.3) is 11.8 Å². The molecular formula is C17H21N5O4. The van der Waals surface area contributed by atoms with E-state index in [0.717, 1.165) is 12.8 Å². The Morgan fingerprint density at radius 1 is 1.42 bits per heavy atom. The molecular weight excluding hydrogens is 338 g/mol. The lowest BCUT2D eigenvalue weighted by Crippen LogP contribution is -2.69. The predicted octanol–water partition coefficient (Wildman–Crippen LogP) is -0.134. The number of nitrogens with one attached hydrogen (secondary N) is 1. The first-order valence-electron chi connectivity index (χ1n) is 8.63. The molecule has 1 N–H and O–H groups in total. The molecule has 9 heteroatoms. The van der Waals surface area contributed by atoms with E-state index < -0.39 is 5.60 Å². The third kappa shape index (κ3) is 2.93. The predicted molar refractivity (Wildman–Crippen MR) is 90.6 cm³/mol. The zero-order valence-electron chi connectivity index (χ0n) is 14.6. The first-order chi connectivity index (χ1) is 12.6. The van der Waals surface area contributed by atoms with Crippen molar-refractivity contribution in [3.05, 3.63) is 30.4 Å². The lowest BCUT2D eigenvalue weighted by Gasteiger charge is -2.49. The maximum atomic E-state index is 12.5. The number of rotatable bonds is 5. The first kappa shape index (κ1) is 16.9. The maximum Gasteiger partial charge on any atom is 0.255 e. The van der Waals surface area contributed by atoms with Crippen molar-refractivity contribution in [2.45, 2.75) is 24.5 Å². The van der Waals surface area contributed by atoms with Gasteiger partial charge in [-0.2, -0.15) is 5.10 Å². The van der Waals surface area contributed by atoms with E-state index in [9.17, 15) is 9.59 Å². The average Bonchev–Trinajstić information content (AvgIpc) is 3.30. The van der Waals surface area contributed by atoms with Gasteiger partial charge in [0, 0.05) is 26.1 Å². The molecule has 0 bridgehead atoms. The Morgan fingerprint density at radius 2 is 2.27 bits per heavy atom. The van der Waals surface area contributed by atoms with Gasteiger partial charge in [-0.25, -0.2) is 4.52 Å². The molecule has 1 atom stereocenters. The molecule has 2 fully saturated rings. The molecule has 26 heavy (non-hydrogen) atoms. The van der Waals surface area contributed by atoms with E-state index in [1.807, 2.05) is 0 Å². The molecule has 0 spiro atoms. The molecule has 2 aromatic rings. The second-order valence-electron chi connectivity index (χ2n) is 6.73. The standard InChI is InChI=1S/C17H21N5O4/c1-25-17(10-21(11-17)16(24)14-3-2-6-26-14)9-19-15(23)12-7-20-22-5-4-18-8-13(12)22/h4-5,7-8,14H,2-3,6,9-11H2,1H3,(H,19,23)/t14-/m0/s1. The zero-order valence-corrected chi connectivity index (χ0v) is 14.6. The fourth-order valence-corrected chi connectivity index (χ4v) is 3.44. The van der Waals surface area contributed by atoms with Crippen LogP contribution in [0.2, 0.25) is 0 Å². The normalized spacial score (nSPS) is 21.6. The third-order valence-electron chi connectivity index (χ3n) is 5.05. The van der Waals surface area contributed by atoms with Crippen molar-refractivity contribution in [3.63, 3.8) is 0 Å². The summed E-state index contributed by atoms with van der Waals surface area (Å²) < 4.78 is 12.6. The monoisotopic (exact) mass is 359 g/mol. The highest BCUT2D eigenvalue weighted by atomic mass is 16.5. The van der Waals surface area contributed by atoms with Crippen molar-refractivity contribution in [2.75, 3.05) is 33.4 Å². The van der Waals surface area contributed by atoms with E-state index >= 15 is 0 Å². The Kier molecular flexibility index (Phi) is 4.33. The van der Waals surface area contributed by atoms with Crippen LogP contribution in [0.5, 0.6) is 0 Å². The summed E-state index contributed by atoms with van der Waals surface area (Å²) in [6, 6.07) is 0. The number of amides is 2. The second-order valence-corrected chi connectivity index (χ2v) is 6.73. The number of ether oxygens (including phenoxy) is 2. The molecule has 138 valence electrons. The largest absolute Gasteiger partial charge is 0.373 e. The minimum atomic E-state index is -0.564. The number of carbonyl (C=O) groups is 2. The van der Waals surface area contributed by atoms with Crippen molar-refractivity contribution >= 4 is 17.3 Å². The fraction of sp³-hybridized carbons (Fsp3) is 0.529. The van der Waals surface area contributed by atoms with Crippen LogP contribution in [0, 0.1) is 0 Å². The van der Waals surface area contributed by atoms with Crippen molar-refractivity contribution in [1.29, 1.82) is 0 Å². The van der Waals surface area contributed by atoms with E-state index in [2.05, 4.69) is 15.4 Å². The number of hydrogen-bond donors (Lipinski definition) is 1. The summed E-state index contributed by atoms with van der Waals surface area (Å²) in [6.45, 7) is 1.84. The molecule has 0 radical (unpaired) electrons. The molecule has 2 aliphatic rings. The summed E-state index contributed by atoms with van der Waals surface area (Å²) in [4.78, 5) is 30.6. The van der Waals surface area contributed by atoms with Gasteiger partial charge in [0.05, 0.1) is 43.1 Å². The summed E-state index contributed by atoms with van der Waals surface area (Å²) in [7, 11) is 1.60. The Labute approximate surface area is 150 Å². The number of hydrogen-bond acceptors (Lipinski definition) is 6. The summed E-state index contributed by atoms with van der Waals surface area (Å²) in [6.07, 6.45) is 7.77. The van der Waals surface area contributed by atoms with E-state index in [1.165, 1.54) is 6.20 Å². The highest BCUT2D eigenvalue weighted by Crippen LogP contribution is 2.27. The molecule has 4 rings (SSSR count). The quantitative estimate of drug-likeness (QED) is 0.798. The van der Waals surface area contributed by atoms with E-state index in [-0.39, 0.29) is 17.9 Å². The van der Waals surface area contributed by atoms with Crippen LogP contribution >= 0.6 is 0 Å². The number of likely N-dealkylation sites (tertiary alicyclic amines) is 1. The van der Waals surface area contributed by atoms with Crippen molar-refractivity contribution < 1.29 is 19.1 Å². The van der Waals surface area contributed by atoms with E-state index in [0.29, 0.717) is 37.3 Å². The van der Waals surface area contributed by atoms with Crippen LogP contribution in [-0.2, 0) is 14.3 Å². The lowest BCUT2D eigenvalue weighted by molar-refractivity contribution is -0.168. The molecule has 0 aromatic carbocycles. The zero-order chi connectivity index (χ0) is 18.1. The summed E-state index contributed by atoms with van der Waals surface area (Å²) in [5.41, 5.74) is 0.529. The van der Waals surface area contributed by atoms with Gasteiger partial charge in [-0.15, -0.1) is 0 Å². The van der Waals surface area contributed by atoms with Crippen LogP contribution in [0.4, 0.5) is 0 Å². The van der Waals surface area contributed by atoms with E-state index in [4.69, 9.17) is 9.47 Å². The number of fused-ring (bicyclic) bond motifs is 1. The Balaban J connectivity index is 1.36. The molecule has 0 aliphatic carbocycles. The molecule has 2 amide bonds. The Hall–Kier alpha value is -2.52. The molecule has 0 unspecified atom stereocenters. The smallest absolute Gasteiger partial charge is 0.255 e. The van der Waals surface area contributed by atoms with Gasteiger partial charge in [-0.1, -0.05) is 0 Å². The van der Waals surface area contributed by atoms with Crippen LogP contribution in [0.3, 0.4) is 0 Å².